The first-order valence-electron chi connectivity index (χ1n) is 10.8. The molecular weight excluding hydrogens is 518 g/mol. The number of rotatable bonds is 8. The lowest BCUT2D eigenvalue weighted by atomic mass is 10.0. The van der Waals surface area contributed by atoms with Gasteiger partial charge in [-0.05, 0) is 47.4 Å². The molecule has 1 unspecified atom stereocenters. The Hall–Kier alpha value is -2.87. The van der Waals surface area contributed by atoms with Crippen LogP contribution in [0.5, 0.6) is 0 Å². The molecule has 1 fully saturated rings. The summed E-state index contributed by atoms with van der Waals surface area (Å²) >= 11 is 3.39. The van der Waals surface area contributed by atoms with Crippen molar-refractivity contribution in [2.24, 2.45) is 5.73 Å². The lowest BCUT2D eigenvalue weighted by molar-refractivity contribution is -0.121. The van der Waals surface area contributed by atoms with E-state index in [1.165, 1.54) is 4.90 Å². The lowest BCUT2D eigenvalue weighted by Gasteiger charge is -2.29. The summed E-state index contributed by atoms with van der Waals surface area (Å²) in [4.78, 5) is 26.8. The van der Waals surface area contributed by atoms with Crippen LogP contribution in [0.4, 0.5) is 10.5 Å². The number of nitrogens with one attached hydrogen (secondary N) is 1. The molecule has 0 saturated heterocycles. The minimum Gasteiger partial charge on any atom is -0.465 e. The van der Waals surface area contributed by atoms with Crippen LogP contribution in [0, 0.1) is 0 Å². The number of carbonyl (C=O) groups is 2. The van der Waals surface area contributed by atoms with Gasteiger partial charge in [0.05, 0.1) is 0 Å². The Kier molecular flexibility index (Phi) is 8.72. The second kappa shape index (κ2) is 11.5. The Morgan fingerprint density at radius 2 is 1.62 bits per heavy atom. The summed E-state index contributed by atoms with van der Waals surface area (Å²) in [7, 11) is 0. The van der Waals surface area contributed by atoms with Crippen molar-refractivity contribution in [2.75, 3.05) is 5.32 Å². The lowest BCUT2D eigenvalue weighted by Crippen LogP contribution is -2.47. The average Bonchev–Trinajstić information content (AvgIpc) is 3.55. The summed E-state index contributed by atoms with van der Waals surface area (Å²) in [6.07, 6.45) is 0.103. The highest BCUT2D eigenvalue weighted by Gasteiger charge is 2.35. The van der Waals surface area contributed by atoms with Crippen molar-refractivity contribution in [3.8, 4) is 0 Å². The van der Waals surface area contributed by atoms with Gasteiger partial charge in [-0.25, -0.2) is 4.79 Å². The molecule has 4 N–H and O–H groups in total. The predicted molar refractivity (Wildman–Crippen MR) is 139 cm³/mol. The van der Waals surface area contributed by atoms with Crippen molar-refractivity contribution >= 4 is 46.0 Å². The predicted octanol–water partition coefficient (Wildman–Crippen LogP) is 5.42. The fourth-order valence-electron chi connectivity index (χ4n) is 3.92. The summed E-state index contributed by atoms with van der Waals surface area (Å²) in [5.74, 6) is 0.0169. The fourth-order valence-corrected chi connectivity index (χ4v) is 4.18. The van der Waals surface area contributed by atoms with Gasteiger partial charge in [-0.1, -0.05) is 70.5 Å². The minimum atomic E-state index is -1.15. The third-order valence-electron chi connectivity index (χ3n) is 5.91. The minimum absolute atomic E-state index is 0. The van der Waals surface area contributed by atoms with Crippen LogP contribution < -0.4 is 11.1 Å². The van der Waals surface area contributed by atoms with Crippen molar-refractivity contribution in [3.05, 3.63) is 100 Å². The van der Waals surface area contributed by atoms with Crippen molar-refractivity contribution in [1.29, 1.82) is 0 Å². The Labute approximate surface area is 213 Å². The van der Waals surface area contributed by atoms with Gasteiger partial charge in [-0.3, -0.25) is 9.69 Å². The van der Waals surface area contributed by atoms with Crippen LogP contribution >= 0.6 is 28.3 Å². The zero-order chi connectivity index (χ0) is 23.4. The highest BCUT2D eigenvalue weighted by molar-refractivity contribution is 9.10. The molecule has 2 amide bonds. The average molecular weight is 545 g/mol. The van der Waals surface area contributed by atoms with E-state index in [1.807, 2.05) is 78.9 Å². The third-order valence-corrected chi connectivity index (χ3v) is 6.44. The number of amides is 2. The van der Waals surface area contributed by atoms with Gasteiger partial charge in [0.25, 0.3) is 0 Å². The molecule has 0 heterocycles. The summed E-state index contributed by atoms with van der Waals surface area (Å²) in [5.41, 5.74) is 9.41. The molecule has 178 valence electrons. The molecule has 8 heteroatoms. The Balaban J connectivity index is 0.00000324. The standard InChI is InChI=1S/C26H26BrN3O3.ClH/c27-20-10-6-18(7-11-20)16-30(26(32)33)24(14-17-4-2-1-3-5-17)25(31)29-21-12-8-19(9-13-21)22-15-23(22)28;/h1-13,22-24H,14-16,28H2,(H,29,31)(H,32,33);1H/t22-,23+,24?;/m0./s1. The third kappa shape index (κ3) is 6.59. The Morgan fingerprint density at radius 1 is 1.00 bits per heavy atom. The first-order valence-corrected chi connectivity index (χ1v) is 11.6. The molecular formula is C26H27BrClN3O3. The van der Waals surface area contributed by atoms with Gasteiger partial charge in [0.15, 0.2) is 0 Å². The number of nitrogens with two attached hydrogens (primary N) is 1. The number of nitrogens with zero attached hydrogens (tertiary/aromatic N) is 1. The van der Waals surface area contributed by atoms with Crippen LogP contribution in [-0.2, 0) is 17.8 Å². The second-order valence-corrected chi connectivity index (χ2v) is 9.28. The monoisotopic (exact) mass is 543 g/mol. The number of hydrogen-bond acceptors (Lipinski definition) is 3. The quantitative estimate of drug-likeness (QED) is 0.353. The molecule has 1 aliphatic rings. The molecule has 0 radical (unpaired) electrons. The van der Waals surface area contributed by atoms with Gasteiger partial charge in [-0.2, -0.15) is 0 Å². The molecule has 1 aliphatic carbocycles. The second-order valence-electron chi connectivity index (χ2n) is 8.36. The molecule has 1 saturated carbocycles. The van der Waals surface area contributed by atoms with Gasteiger partial charge >= 0.3 is 6.09 Å². The van der Waals surface area contributed by atoms with Crippen molar-refractivity contribution in [1.82, 2.24) is 4.90 Å². The maximum Gasteiger partial charge on any atom is 0.408 e. The molecule has 6 nitrogen and oxygen atoms in total. The highest BCUT2D eigenvalue weighted by Crippen LogP contribution is 2.39. The van der Waals surface area contributed by atoms with E-state index in [2.05, 4.69) is 21.2 Å². The number of hydrogen-bond donors (Lipinski definition) is 3. The first-order chi connectivity index (χ1) is 15.9. The molecule has 3 atom stereocenters. The SMILES string of the molecule is Cl.N[C@@H]1C[C@H]1c1ccc(NC(=O)C(Cc2ccccc2)N(Cc2ccc(Br)cc2)C(=O)O)cc1. The fraction of sp³-hybridized carbons (Fsp3) is 0.231. The maximum absolute atomic E-state index is 13.3. The molecule has 0 aromatic heterocycles. The van der Waals surface area contributed by atoms with E-state index in [0.29, 0.717) is 11.6 Å². The summed E-state index contributed by atoms with van der Waals surface area (Å²) in [5, 5.41) is 12.9. The number of anilines is 1. The normalized spacial score (nSPS) is 17.2. The van der Waals surface area contributed by atoms with Gasteiger partial charge in [-0.15, -0.1) is 12.4 Å². The van der Waals surface area contributed by atoms with E-state index in [4.69, 9.17) is 5.73 Å². The van der Waals surface area contributed by atoms with E-state index in [0.717, 1.165) is 27.6 Å². The summed E-state index contributed by atoms with van der Waals surface area (Å²) in [6, 6.07) is 23.8. The number of halogens is 2. The van der Waals surface area contributed by atoms with Crippen LogP contribution in [0.25, 0.3) is 0 Å². The smallest absolute Gasteiger partial charge is 0.408 e. The van der Waals surface area contributed by atoms with Crippen LogP contribution in [0.1, 0.15) is 29.0 Å². The first kappa shape index (κ1) is 25.7. The number of carboxylic acid groups (broad SMARTS) is 1. The number of carbonyl (C=O) groups excluding carboxylic acids is 1. The van der Waals surface area contributed by atoms with Crippen LogP contribution in [0.2, 0.25) is 0 Å². The van der Waals surface area contributed by atoms with E-state index >= 15 is 0 Å². The van der Waals surface area contributed by atoms with Crippen molar-refractivity contribution in [2.45, 2.75) is 37.4 Å². The topological polar surface area (TPSA) is 95.7 Å². The van der Waals surface area contributed by atoms with E-state index in [9.17, 15) is 14.7 Å². The largest absolute Gasteiger partial charge is 0.465 e. The van der Waals surface area contributed by atoms with E-state index < -0.39 is 12.1 Å². The molecule has 0 aliphatic heterocycles. The molecule has 4 rings (SSSR count). The zero-order valence-corrected chi connectivity index (χ0v) is 20.8. The van der Waals surface area contributed by atoms with Crippen molar-refractivity contribution in [3.63, 3.8) is 0 Å². The van der Waals surface area contributed by atoms with Gasteiger partial charge < -0.3 is 16.2 Å². The van der Waals surface area contributed by atoms with Gasteiger partial charge in [0, 0.05) is 35.1 Å². The van der Waals surface area contributed by atoms with Crippen molar-refractivity contribution < 1.29 is 14.7 Å². The number of benzene rings is 3. The van der Waals surface area contributed by atoms with Gasteiger partial charge in [0.1, 0.15) is 6.04 Å². The molecule has 0 bridgehead atoms. The highest BCUT2D eigenvalue weighted by atomic mass is 79.9. The zero-order valence-electron chi connectivity index (χ0n) is 18.4. The summed E-state index contributed by atoms with van der Waals surface area (Å²) < 4.78 is 0.905. The molecule has 3 aromatic rings. The molecule has 34 heavy (non-hydrogen) atoms. The molecule has 3 aromatic carbocycles. The van der Waals surface area contributed by atoms with Gasteiger partial charge in [0.2, 0.25) is 5.91 Å². The van der Waals surface area contributed by atoms with Crippen LogP contribution in [0.3, 0.4) is 0 Å². The Bertz CT molecular complexity index is 1110. The molecule has 0 spiro atoms. The van der Waals surface area contributed by atoms with E-state index in [1.54, 1.807) is 0 Å². The maximum atomic E-state index is 13.3. The van der Waals surface area contributed by atoms with E-state index in [-0.39, 0.29) is 37.3 Å². The summed E-state index contributed by atoms with van der Waals surface area (Å²) in [6.45, 7) is 0.103. The Morgan fingerprint density at radius 3 is 2.18 bits per heavy atom. The van der Waals surface area contributed by atoms with Crippen LogP contribution in [-0.4, -0.2) is 34.1 Å². The van der Waals surface area contributed by atoms with Crippen LogP contribution in [0.15, 0.2) is 83.3 Å².